The van der Waals surface area contributed by atoms with Gasteiger partial charge >= 0.3 is 0 Å². The smallest absolute Gasteiger partial charge is 0.147 e. The summed E-state index contributed by atoms with van der Waals surface area (Å²) in [6.07, 6.45) is 1.38. The Labute approximate surface area is 81.9 Å². The molecule has 1 rings (SSSR count). The topological polar surface area (TPSA) is 42.0 Å². The summed E-state index contributed by atoms with van der Waals surface area (Å²) in [6.45, 7) is 5.21. The van der Waals surface area contributed by atoms with E-state index in [9.17, 15) is 9.50 Å². The zero-order chi connectivity index (χ0) is 10.6. The zero-order valence-electron chi connectivity index (χ0n) is 7.92. The summed E-state index contributed by atoms with van der Waals surface area (Å²) < 4.78 is 18.2. The predicted octanol–water partition coefficient (Wildman–Crippen LogP) is 2.16. The average molecular weight is 196 g/mol. The largest absolute Gasteiger partial charge is 0.494 e. The van der Waals surface area contributed by atoms with Gasteiger partial charge < -0.3 is 4.74 Å². The van der Waals surface area contributed by atoms with Crippen LogP contribution in [0.5, 0.6) is 0 Å². The zero-order valence-corrected chi connectivity index (χ0v) is 7.92. The van der Waals surface area contributed by atoms with Crippen molar-refractivity contribution in [2.24, 2.45) is 0 Å². The molecule has 0 aromatic carbocycles. The van der Waals surface area contributed by atoms with Gasteiger partial charge in [-0.15, -0.1) is 0 Å². The molecule has 0 amide bonds. The van der Waals surface area contributed by atoms with Crippen LogP contribution in [0.15, 0.2) is 18.8 Å². The van der Waals surface area contributed by atoms with Crippen LogP contribution >= 0.6 is 0 Å². The molecule has 0 atom stereocenters. The van der Waals surface area contributed by atoms with Crippen LogP contribution in [0.2, 0.25) is 0 Å². The van der Waals surface area contributed by atoms with Gasteiger partial charge in [0.15, 0.2) is 0 Å². The fourth-order valence-electron chi connectivity index (χ4n) is 0.982. The molecule has 0 unspecified atom stereocenters. The maximum absolute atomic E-state index is 13.1. The molecule has 0 fully saturated rings. The highest BCUT2D eigenvalue weighted by molar-refractivity contribution is 5.56. The summed E-state index contributed by atoms with van der Waals surface area (Å²) in [4.78, 5) is 3.67. The van der Waals surface area contributed by atoms with E-state index in [2.05, 4.69) is 11.6 Å². The Hall–Kier alpha value is -1.42. The number of hydrogen-bond donors (Lipinski definition) is 0. The third-order valence-electron chi connectivity index (χ3n) is 1.69. The van der Waals surface area contributed by atoms with Gasteiger partial charge in [0.25, 0.3) is 0 Å². The van der Waals surface area contributed by atoms with Crippen molar-refractivity contribution in [3.8, 4) is 0 Å². The van der Waals surface area contributed by atoms with Crippen molar-refractivity contribution < 1.29 is 14.2 Å². The first-order valence-corrected chi connectivity index (χ1v) is 4.23. The molecule has 1 aromatic heterocycles. The van der Waals surface area contributed by atoms with E-state index in [1.807, 2.05) is 0 Å². The molecule has 4 heteroatoms. The fraction of sp³-hybridized carbons (Fsp3) is 0.300. The van der Waals surface area contributed by atoms with Crippen LogP contribution in [0.25, 0.3) is 5.76 Å². The lowest BCUT2D eigenvalue weighted by Crippen LogP contribution is -1.97. The van der Waals surface area contributed by atoms with Crippen LogP contribution in [-0.4, -0.2) is 11.6 Å². The molecule has 0 saturated heterocycles. The monoisotopic (exact) mass is 196 g/mol. The van der Waals surface area contributed by atoms with Crippen molar-refractivity contribution in [3.63, 3.8) is 0 Å². The third-order valence-corrected chi connectivity index (χ3v) is 1.69. The van der Waals surface area contributed by atoms with Crippen molar-refractivity contribution in [1.82, 2.24) is 4.98 Å². The Morgan fingerprint density at radius 2 is 2.43 bits per heavy atom. The molecule has 0 bridgehead atoms. The van der Waals surface area contributed by atoms with E-state index in [1.54, 1.807) is 6.92 Å². The molecule has 0 N–H and O–H groups in total. The SMILES string of the molecule is C=C(OCC)c1cnc(C[O])c(F)c1. The number of halogens is 1. The van der Waals surface area contributed by atoms with Crippen LogP contribution in [0.4, 0.5) is 4.39 Å². The second-order valence-electron chi connectivity index (χ2n) is 2.65. The molecule has 1 radical (unpaired) electrons. The van der Waals surface area contributed by atoms with Crippen LogP contribution < -0.4 is 0 Å². The Morgan fingerprint density at radius 1 is 1.71 bits per heavy atom. The number of pyridine rings is 1. The predicted molar refractivity (Wildman–Crippen MR) is 49.2 cm³/mol. The molecule has 0 aliphatic heterocycles. The molecule has 14 heavy (non-hydrogen) atoms. The highest BCUT2D eigenvalue weighted by atomic mass is 19.1. The Morgan fingerprint density at radius 3 is 2.93 bits per heavy atom. The van der Waals surface area contributed by atoms with Crippen LogP contribution in [0.3, 0.4) is 0 Å². The fourth-order valence-corrected chi connectivity index (χ4v) is 0.982. The maximum Gasteiger partial charge on any atom is 0.147 e. The summed E-state index contributed by atoms with van der Waals surface area (Å²) in [5, 5.41) is 10.4. The maximum atomic E-state index is 13.1. The number of hydrogen-bond acceptors (Lipinski definition) is 2. The van der Waals surface area contributed by atoms with Gasteiger partial charge in [-0.25, -0.2) is 9.50 Å². The van der Waals surface area contributed by atoms with E-state index in [0.29, 0.717) is 17.9 Å². The van der Waals surface area contributed by atoms with Crippen LogP contribution in [-0.2, 0) is 16.5 Å². The minimum Gasteiger partial charge on any atom is -0.494 e. The molecular weight excluding hydrogens is 185 g/mol. The molecule has 0 saturated carbocycles. The minimum absolute atomic E-state index is 0.0851. The lowest BCUT2D eigenvalue weighted by atomic mass is 10.2. The second-order valence-corrected chi connectivity index (χ2v) is 2.65. The standard InChI is InChI=1S/C10H11FNO2/c1-3-14-7(2)8-4-9(11)10(6-13)12-5-8/h4-5H,2-3,6H2,1H3. The quantitative estimate of drug-likeness (QED) is 0.692. The van der Waals surface area contributed by atoms with Gasteiger partial charge in [0.05, 0.1) is 6.61 Å². The summed E-state index contributed by atoms with van der Waals surface area (Å²) in [5.74, 6) is -0.255. The Kier molecular flexibility index (Phi) is 3.59. The lowest BCUT2D eigenvalue weighted by molar-refractivity contribution is 0.169. The van der Waals surface area contributed by atoms with E-state index >= 15 is 0 Å². The Bertz CT molecular complexity index is 339. The van der Waals surface area contributed by atoms with E-state index in [0.717, 1.165) is 0 Å². The Balaban J connectivity index is 2.91. The average Bonchev–Trinajstić information content (AvgIpc) is 2.18. The van der Waals surface area contributed by atoms with Crippen molar-refractivity contribution in [3.05, 3.63) is 35.9 Å². The van der Waals surface area contributed by atoms with Gasteiger partial charge in [-0.3, -0.25) is 4.98 Å². The summed E-state index contributed by atoms with van der Waals surface area (Å²) >= 11 is 0. The van der Waals surface area contributed by atoms with Crippen molar-refractivity contribution in [1.29, 1.82) is 0 Å². The van der Waals surface area contributed by atoms with Gasteiger partial charge in [0.2, 0.25) is 0 Å². The first-order valence-electron chi connectivity index (χ1n) is 4.23. The van der Waals surface area contributed by atoms with E-state index in [4.69, 9.17) is 4.74 Å². The third kappa shape index (κ3) is 2.29. The number of aromatic nitrogens is 1. The first-order chi connectivity index (χ1) is 6.69. The van der Waals surface area contributed by atoms with Crippen LogP contribution in [0.1, 0.15) is 18.2 Å². The van der Waals surface area contributed by atoms with E-state index in [-0.39, 0.29) is 5.69 Å². The lowest BCUT2D eigenvalue weighted by Gasteiger charge is -2.07. The number of rotatable bonds is 4. The van der Waals surface area contributed by atoms with Gasteiger partial charge in [-0.1, -0.05) is 6.58 Å². The highest BCUT2D eigenvalue weighted by Gasteiger charge is 2.07. The molecule has 1 heterocycles. The molecule has 1 aromatic rings. The molecular formula is C10H11FNO2. The number of nitrogens with zero attached hydrogens (tertiary/aromatic N) is 1. The van der Waals surface area contributed by atoms with Crippen molar-refractivity contribution in [2.75, 3.05) is 6.61 Å². The van der Waals surface area contributed by atoms with Crippen molar-refractivity contribution >= 4 is 5.76 Å². The van der Waals surface area contributed by atoms with E-state index < -0.39 is 12.4 Å². The highest BCUT2D eigenvalue weighted by Crippen LogP contribution is 2.15. The van der Waals surface area contributed by atoms with Gasteiger partial charge in [-0.2, -0.15) is 0 Å². The van der Waals surface area contributed by atoms with E-state index in [1.165, 1.54) is 12.3 Å². The number of ether oxygens (including phenoxy) is 1. The first kappa shape index (κ1) is 10.7. The normalized spacial score (nSPS) is 9.93. The van der Waals surface area contributed by atoms with Crippen molar-refractivity contribution in [2.45, 2.75) is 13.5 Å². The van der Waals surface area contributed by atoms with Gasteiger partial charge in [0.1, 0.15) is 23.9 Å². The van der Waals surface area contributed by atoms with Gasteiger partial charge in [0, 0.05) is 11.8 Å². The molecule has 3 nitrogen and oxygen atoms in total. The molecule has 75 valence electrons. The molecule has 0 aliphatic rings. The van der Waals surface area contributed by atoms with Gasteiger partial charge in [-0.05, 0) is 13.0 Å². The molecule has 0 spiro atoms. The summed E-state index contributed by atoms with van der Waals surface area (Å²) in [5.41, 5.74) is 0.375. The summed E-state index contributed by atoms with van der Waals surface area (Å²) in [6, 6.07) is 1.21. The van der Waals surface area contributed by atoms with Crippen LogP contribution in [0, 0.1) is 5.82 Å². The minimum atomic E-state index is -0.659. The second kappa shape index (κ2) is 4.72. The molecule has 0 aliphatic carbocycles. The summed E-state index contributed by atoms with van der Waals surface area (Å²) in [7, 11) is 0.